The maximum absolute atomic E-state index is 12.3. The highest BCUT2D eigenvalue weighted by Crippen LogP contribution is 2.28. The summed E-state index contributed by atoms with van der Waals surface area (Å²) in [6.45, 7) is 31.8. The van der Waals surface area contributed by atoms with Crippen molar-refractivity contribution in [3.8, 4) is 12.1 Å². The number of aromatic nitrogens is 2. The summed E-state index contributed by atoms with van der Waals surface area (Å²) < 4.78 is 11.6. The summed E-state index contributed by atoms with van der Waals surface area (Å²) in [7, 11) is 0. The smallest absolute Gasteiger partial charge is 0.410 e. The summed E-state index contributed by atoms with van der Waals surface area (Å²) in [5, 5.41) is 20.8. The summed E-state index contributed by atoms with van der Waals surface area (Å²) >= 11 is 3.15. The first-order chi connectivity index (χ1) is 26.2. The number of piperidine rings is 2. The van der Waals surface area contributed by atoms with Crippen molar-refractivity contribution in [2.75, 3.05) is 31.1 Å². The van der Waals surface area contributed by atoms with Gasteiger partial charge in [-0.1, -0.05) is 21.3 Å². The van der Waals surface area contributed by atoms with Crippen LogP contribution >= 0.6 is 15.9 Å². The van der Waals surface area contributed by atoms with Crippen LogP contribution in [0.25, 0.3) is 0 Å². The number of likely N-dealkylation sites (tertiary alicyclic amines) is 1. The molecular weight excluding hydrogens is 796 g/mol. The number of piperazine rings is 1. The Morgan fingerprint density at radius 1 is 0.741 bits per heavy atom. The number of pyridine rings is 2. The molecule has 1 N–H and O–H groups in total. The molecule has 3 aliphatic rings. The van der Waals surface area contributed by atoms with Crippen LogP contribution in [0.4, 0.5) is 15.4 Å². The van der Waals surface area contributed by atoms with Crippen LogP contribution in [0.5, 0.6) is 0 Å². The van der Waals surface area contributed by atoms with Crippen molar-refractivity contribution in [1.82, 2.24) is 25.1 Å². The van der Waals surface area contributed by atoms with Crippen LogP contribution in [0.1, 0.15) is 141 Å². The van der Waals surface area contributed by atoms with Crippen molar-refractivity contribution < 1.29 is 19.1 Å². The third-order valence-corrected chi connectivity index (χ3v) is 9.84. The molecular formula is C45H73BrN8O4. The molecule has 2 aromatic rings. The Hall–Kier alpha value is -3.94. The van der Waals surface area contributed by atoms with E-state index in [1.165, 1.54) is 31.9 Å². The quantitative estimate of drug-likeness (QED) is 0.275. The predicted octanol–water partition coefficient (Wildman–Crippen LogP) is 10.4. The molecule has 5 rings (SSSR count). The fraction of sp³-hybridized carbons (Fsp3) is 0.689. The van der Waals surface area contributed by atoms with Crippen LogP contribution < -0.4 is 10.2 Å². The van der Waals surface area contributed by atoms with E-state index in [1.54, 1.807) is 29.3 Å². The van der Waals surface area contributed by atoms with E-state index in [2.05, 4.69) is 97.6 Å². The third kappa shape index (κ3) is 19.2. The summed E-state index contributed by atoms with van der Waals surface area (Å²) in [4.78, 5) is 38.1. The van der Waals surface area contributed by atoms with E-state index >= 15 is 0 Å². The van der Waals surface area contributed by atoms with E-state index in [0.717, 1.165) is 23.5 Å². The van der Waals surface area contributed by atoms with Gasteiger partial charge in [0.1, 0.15) is 33.8 Å². The number of halogens is 1. The Kier molecular flexibility index (Phi) is 20.1. The fourth-order valence-corrected chi connectivity index (χ4v) is 7.68. The number of nitrogens with zero attached hydrogens (tertiary/aromatic N) is 7. The van der Waals surface area contributed by atoms with Crippen molar-refractivity contribution in [3.63, 3.8) is 0 Å². The molecule has 5 heterocycles. The SMILES string of the molecule is C.CC1(C)CCCC(C)(C)N1.CC1CC(C)CN(C(=O)OC(C)(C)C)C1.CC1CN(C(=O)OC(C)(C)C)CC(C)N1c1ccc(C#N)cn1.N#Cc1ccc(Br)nc1. The molecule has 324 valence electrons. The molecule has 2 aromatic heterocycles. The zero-order valence-corrected chi connectivity index (χ0v) is 38.7. The minimum absolute atomic E-state index is 0. The number of amides is 2. The van der Waals surface area contributed by atoms with E-state index in [0.29, 0.717) is 47.1 Å². The second-order valence-electron chi connectivity index (χ2n) is 19.1. The number of nitriles is 2. The average Bonchev–Trinajstić information content (AvgIpc) is 3.06. The number of ether oxygens (including phenoxy) is 2. The lowest BCUT2D eigenvalue weighted by atomic mass is 9.83. The minimum atomic E-state index is -0.491. The lowest BCUT2D eigenvalue weighted by Crippen LogP contribution is -2.59. The summed E-state index contributed by atoms with van der Waals surface area (Å²) in [5.41, 5.74) is 0.972. The van der Waals surface area contributed by atoms with Gasteiger partial charge in [-0.25, -0.2) is 19.6 Å². The Balaban J connectivity index is 0.000000414. The monoisotopic (exact) mass is 868 g/mol. The molecule has 3 aliphatic heterocycles. The minimum Gasteiger partial charge on any atom is -0.444 e. The van der Waals surface area contributed by atoms with Crippen LogP contribution in [0.15, 0.2) is 41.3 Å². The van der Waals surface area contributed by atoms with Crippen molar-refractivity contribution in [3.05, 3.63) is 52.4 Å². The van der Waals surface area contributed by atoms with Gasteiger partial charge in [-0.3, -0.25) is 0 Å². The molecule has 3 saturated heterocycles. The lowest BCUT2D eigenvalue weighted by molar-refractivity contribution is 0.0119. The molecule has 3 fully saturated rings. The fourth-order valence-electron chi connectivity index (χ4n) is 7.45. The number of carbonyl (C=O) groups is 2. The first-order valence-electron chi connectivity index (χ1n) is 20.1. The van der Waals surface area contributed by atoms with Gasteiger partial charge in [0.25, 0.3) is 0 Å². The van der Waals surface area contributed by atoms with Gasteiger partial charge in [0.05, 0.1) is 11.1 Å². The molecule has 2 amide bonds. The summed E-state index contributed by atoms with van der Waals surface area (Å²) in [6, 6.07) is 11.3. The van der Waals surface area contributed by atoms with Crippen LogP contribution in [0, 0.1) is 34.5 Å². The Morgan fingerprint density at radius 2 is 1.16 bits per heavy atom. The highest BCUT2D eigenvalue weighted by molar-refractivity contribution is 9.10. The molecule has 58 heavy (non-hydrogen) atoms. The molecule has 4 unspecified atom stereocenters. The van der Waals surface area contributed by atoms with Crippen LogP contribution in [-0.4, -0.2) is 92.5 Å². The molecule has 12 nitrogen and oxygen atoms in total. The molecule has 0 bridgehead atoms. The number of rotatable bonds is 1. The van der Waals surface area contributed by atoms with Gasteiger partial charge in [0, 0.05) is 61.7 Å². The highest BCUT2D eigenvalue weighted by atomic mass is 79.9. The first kappa shape index (κ1) is 52.1. The van der Waals surface area contributed by atoms with Gasteiger partial charge in [0.2, 0.25) is 0 Å². The van der Waals surface area contributed by atoms with Gasteiger partial charge in [-0.2, -0.15) is 10.5 Å². The van der Waals surface area contributed by atoms with E-state index in [1.807, 2.05) is 58.6 Å². The molecule has 13 heteroatoms. The van der Waals surface area contributed by atoms with Crippen LogP contribution in [0.2, 0.25) is 0 Å². The van der Waals surface area contributed by atoms with E-state index < -0.39 is 5.60 Å². The number of carbonyl (C=O) groups excluding carboxylic acids is 2. The third-order valence-electron chi connectivity index (χ3n) is 9.37. The predicted molar refractivity (Wildman–Crippen MR) is 237 cm³/mol. The zero-order valence-electron chi connectivity index (χ0n) is 37.1. The maximum Gasteiger partial charge on any atom is 0.410 e. The Labute approximate surface area is 359 Å². The van der Waals surface area contributed by atoms with Gasteiger partial charge >= 0.3 is 12.2 Å². The number of anilines is 1. The van der Waals surface area contributed by atoms with Crippen LogP contribution in [-0.2, 0) is 9.47 Å². The Morgan fingerprint density at radius 3 is 1.48 bits per heavy atom. The van der Waals surface area contributed by atoms with Crippen molar-refractivity contribution in [1.29, 1.82) is 10.5 Å². The van der Waals surface area contributed by atoms with E-state index in [4.69, 9.17) is 20.0 Å². The largest absolute Gasteiger partial charge is 0.444 e. The molecule has 4 atom stereocenters. The normalized spacial score (nSPS) is 22.3. The maximum atomic E-state index is 12.3. The zero-order chi connectivity index (χ0) is 43.4. The number of hydrogen-bond donors (Lipinski definition) is 1. The molecule has 0 radical (unpaired) electrons. The van der Waals surface area contributed by atoms with Gasteiger partial charge in [-0.05, 0) is 161 Å². The number of hydrogen-bond acceptors (Lipinski definition) is 10. The lowest BCUT2D eigenvalue weighted by Gasteiger charge is -2.45. The molecule has 0 saturated carbocycles. The first-order valence-corrected chi connectivity index (χ1v) is 20.9. The summed E-state index contributed by atoms with van der Waals surface area (Å²) in [6.07, 6.45) is 7.86. The van der Waals surface area contributed by atoms with Crippen molar-refractivity contribution in [2.45, 2.75) is 164 Å². The second-order valence-corrected chi connectivity index (χ2v) is 19.9. The molecule has 0 aliphatic carbocycles. The molecule has 0 spiro atoms. The average molecular weight is 870 g/mol. The van der Waals surface area contributed by atoms with E-state index in [9.17, 15) is 9.59 Å². The second kappa shape index (κ2) is 22.4. The molecule has 0 aromatic carbocycles. The number of nitrogens with one attached hydrogen (secondary N) is 1. The topological polar surface area (TPSA) is 148 Å². The summed E-state index contributed by atoms with van der Waals surface area (Å²) in [5.74, 6) is 2.00. The van der Waals surface area contributed by atoms with Crippen LogP contribution in [0.3, 0.4) is 0 Å². The van der Waals surface area contributed by atoms with Gasteiger partial charge in [0.15, 0.2) is 0 Å². The highest BCUT2D eigenvalue weighted by Gasteiger charge is 2.35. The standard InChI is InChI=1S/C17H24N4O2.C12H23NO2.C9H19N.C6H3BrN2.CH4/c1-12-10-20(16(22)23-17(3,4)5)11-13(2)21(12)15-7-6-14(8-18)9-19-15;1-9-6-10(2)8-13(7-9)11(14)15-12(3,4)5;1-8(2)6-5-7-9(3,4)10-8;7-6-2-1-5(3-8)4-9-6;/h6-7,9,12-13H,10-11H2,1-5H3;9-10H,6-8H2,1-5H3;10H,5-7H2,1-4H3;1-2,4H;1H4. The van der Waals surface area contributed by atoms with Gasteiger partial charge < -0.3 is 29.5 Å². The van der Waals surface area contributed by atoms with Gasteiger partial charge in [-0.15, -0.1) is 0 Å². The van der Waals surface area contributed by atoms with E-state index in [-0.39, 0.29) is 37.3 Å². The Bertz CT molecular complexity index is 1620. The van der Waals surface area contributed by atoms with Crippen molar-refractivity contribution >= 4 is 33.9 Å². The van der Waals surface area contributed by atoms with Crippen molar-refractivity contribution in [2.24, 2.45) is 11.8 Å².